The van der Waals surface area contributed by atoms with Crippen molar-refractivity contribution in [2.75, 3.05) is 26.8 Å². The SMILES string of the molecule is CNC(=S)NCCc1ccc2c(c1)OCCO2. The minimum atomic E-state index is 0.624. The second kappa shape index (κ2) is 5.72. The zero-order valence-electron chi connectivity index (χ0n) is 9.79. The Morgan fingerprint density at radius 1 is 1.29 bits per heavy atom. The molecule has 0 aliphatic carbocycles. The second-order valence-corrected chi connectivity index (χ2v) is 4.14. The van der Waals surface area contributed by atoms with Crippen LogP contribution < -0.4 is 20.1 Å². The molecule has 0 bridgehead atoms. The normalized spacial score (nSPS) is 13.0. The van der Waals surface area contributed by atoms with E-state index < -0.39 is 0 Å². The number of ether oxygens (including phenoxy) is 2. The molecule has 92 valence electrons. The van der Waals surface area contributed by atoms with Crippen LogP contribution in [0.3, 0.4) is 0 Å². The summed E-state index contributed by atoms with van der Waals surface area (Å²) in [7, 11) is 1.80. The first-order chi connectivity index (χ1) is 8.29. The maximum atomic E-state index is 5.53. The number of rotatable bonds is 3. The second-order valence-electron chi connectivity index (χ2n) is 3.73. The Labute approximate surface area is 106 Å². The monoisotopic (exact) mass is 252 g/mol. The maximum absolute atomic E-state index is 5.53. The molecule has 0 radical (unpaired) electrons. The summed E-state index contributed by atoms with van der Waals surface area (Å²) in [5.41, 5.74) is 1.21. The number of hydrogen-bond acceptors (Lipinski definition) is 3. The molecule has 0 fully saturated rings. The van der Waals surface area contributed by atoms with Crippen molar-refractivity contribution in [2.45, 2.75) is 6.42 Å². The number of hydrogen-bond donors (Lipinski definition) is 2. The average Bonchev–Trinajstić information content (AvgIpc) is 2.38. The van der Waals surface area contributed by atoms with Crippen molar-refractivity contribution in [3.8, 4) is 11.5 Å². The van der Waals surface area contributed by atoms with Crippen molar-refractivity contribution in [3.05, 3.63) is 23.8 Å². The number of benzene rings is 1. The summed E-state index contributed by atoms with van der Waals surface area (Å²) in [4.78, 5) is 0. The van der Waals surface area contributed by atoms with E-state index in [1.807, 2.05) is 12.1 Å². The van der Waals surface area contributed by atoms with Crippen molar-refractivity contribution < 1.29 is 9.47 Å². The number of nitrogens with one attached hydrogen (secondary N) is 2. The summed E-state index contributed by atoms with van der Waals surface area (Å²) >= 11 is 5.00. The van der Waals surface area contributed by atoms with Gasteiger partial charge in [0.2, 0.25) is 0 Å². The lowest BCUT2D eigenvalue weighted by Crippen LogP contribution is -2.33. The first kappa shape index (κ1) is 12.0. The van der Waals surface area contributed by atoms with E-state index in [1.54, 1.807) is 7.05 Å². The Hall–Kier alpha value is -1.49. The van der Waals surface area contributed by atoms with Gasteiger partial charge in [-0.25, -0.2) is 0 Å². The van der Waals surface area contributed by atoms with E-state index >= 15 is 0 Å². The van der Waals surface area contributed by atoms with Gasteiger partial charge in [-0.2, -0.15) is 0 Å². The molecule has 1 aromatic rings. The molecule has 17 heavy (non-hydrogen) atoms. The quantitative estimate of drug-likeness (QED) is 0.788. The van der Waals surface area contributed by atoms with Crippen LogP contribution in [0.1, 0.15) is 5.56 Å². The fourth-order valence-electron chi connectivity index (χ4n) is 1.65. The summed E-state index contributed by atoms with van der Waals surface area (Å²) in [5, 5.41) is 6.65. The number of thiocarbonyl (C=S) groups is 1. The zero-order chi connectivity index (χ0) is 12.1. The fourth-order valence-corrected chi connectivity index (χ4v) is 1.75. The zero-order valence-corrected chi connectivity index (χ0v) is 10.6. The van der Waals surface area contributed by atoms with E-state index in [4.69, 9.17) is 21.7 Å². The van der Waals surface area contributed by atoms with E-state index in [0.717, 1.165) is 24.5 Å². The van der Waals surface area contributed by atoms with Crippen LogP contribution in [-0.4, -0.2) is 31.9 Å². The number of fused-ring (bicyclic) bond motifs is 1. The molecule has 1 aromatic carbocycles. The molecule has 2 N–H and O–H groups in total. The van der Waals surface area contributed by atoms with Crippen molar-refractivity contribution >= 4 is 17.3 Å². The smallest absolute Gasteiger partial charge is 0.166 e. The predicted molar refractivity (Wildman–Crippen MR) is 70.8 cm³/mol. The molecule has 0 saturated heterocycles. The van der Waals surface area contributed by atoms with E-state index in [2.05, 4.69) is 16.7 Å². The maximum Gasteiger partial charge on any atom is 0.166 e. The van der Waals surface area contributed by atoms with Gasteiger partial charge in [-0.15, -0.1) is 0 Å². The molecule has 1 aliphatic rings. The summed E-state index contributed by atoms with van der Waals surface area (Å²) < 4.78 is 11.0. The molecular formula is C12H16N2O2S. The average molecular weight is 252 g/mol. The van der Waals surface area contributed by atoms with Gasteiger partial charge in [-0.1, -0.05) is 6.07 Å². The molecule has 5 heteroatoms. The molecule has 0 amide bonds. The van der Waals surface area contributed by atoms with E-state index in [1.165, 1.54) is 5.56 Å². The summed E-state index contributed by atoms with van der Waals surface area (Å²) in [6.45, 7) is 2.06. The van der Waals surface area contributed by atoms with Crippen LogP contribution in [0.2, 0.25) is 0 Å². The molecule has 1 heterocycles. The molecular weight excluding hydrogens is 236 g/mol. The van der Waals surface area contributed by atoms with Gasteiger partial charge in [-0.05, 0) is 36.3 Å². The topological polar surface area (TPSA) is 42.5 Å². The van der Waals surface area contributed by atoms with Gasteiger partial charge < -0.3 is 20.1 Å². The molecule has 0 spiro atoms. The van der Waals surface area contributed by atoms with Crippen LogP contribution in [0, 0.1) is 0 Å². The third-order valence-electron chi connectivity index (χ3n) is 2.53. The molecule has 0 aromatic heterocycles. The highest BCUT2D eigenvalue weighted by Gasteiger charge is 2.11. The van der Waals surface area contributed by atoms with Crippen LogP contribution in [-0.2, 0) is 6.42 Å². The Bertz CT molecular complexity index is 409. The van der Waals surface area contributed by atoms with Gasteiger partial charge in [0.15, 0.2) is 16.6 Å². The van der Waals surface area contributed by atoms with Crippen molar-refractivity contribution in [2.24, 2.45) is 0 Å². The Balaban J connectivity index is 1.91. The molecule has 4 nitrogen and oxygen atoms in total. The summed E-state index contributed by atoms with van der Waals surface area (Å²) in [5.74, 6) is 1.67. The van der Waals surface area contributed by atoms with Gasteiger partial charge in [0, 0.05) is 13.6 Å². The molecule has 2 rings (SSSR count). The third kappa shape index (κ3) is 3.23. The lowest BCUT2D eigenvalue weighted by molar-refractivity contribution is 0.171. The first-order valence-corrected chi connectivity index (χ1v) is 6.04. The standard InChI is InChI=1S/C12H16N2O2S/c1-13-12(17)14-5-4-9-2-3-10-11(8-9)16-7-6-15-10/h2-3,8H,4-7H2,1H3,(H2,13,14,17). The van der Waals surface area contributed by atoms with Crippen molar-refractivity contribution in [1.82, 2.24) is 10.6 Å². The van der Waals surface area contributed by atoms with Crippen LogP contribution in [0.15, 0.2) is 18.2 Å². The summed E-state index contributed by atoms with van der Waals surface area (Å²) in [6.07, 6.45) is 0.901. The van der Waals surface area contributed by atoms with E-state index in [0.29, 0.717) is 18.3 Å². The first-order valence-electron chi connectivity index (χ1n) is 5.63. The van der Waals surface area contributed by atoms with Crippen molar-refractivity contribution in [3.63, 3.8) is 0 Å². The van der Waals surface area contributed by atoms with Crippen LogP contribution in [0.25, 0.3) is 0 Å². The molecule has 1 aliphatic heterocycles. The third-order valence-corrected chi connectivity index (χ3v) is 2.88. The summed E-state index contributed by atoms with van der Waals surface area (Å²) in [6, 6.07) is 6.04. The lowest BCUT2D eigenvalue weighted by Gasteiger charge is -2.19. The minimum Gasteiger partial charge on any atom is -0.486 e. The van der Waals surface area contributed by atoms with Gasteiger partial charge >= 0.3 is 0 Å². The highest BCUT2D eigenvalue weighted by Crippen LogP contribution is 2.30. The lowest BCUT2D eigenvalue weighted by atomic mass is 10.1. The highest BCUT2D eigenvalue weighted by atomic mass is 32.1. The van der Waals surface area contributed by atoms with Crippen molar-refractivity contribution in [1.29, 1.82) is 0 Å². The fraction of sp³-hybridized carbons (Fsp3) is 0.417. The van der Waals surface area contributed by atoms with Crippen LogP contribution in [0.4, 0.5) is 0 Å². The van der Waals surface area contributed by atoms with Crippen LogP contribution in [0.5, 0.6) is 11.5 Å². The van der Waals surface area contributed by atoms with Crippen LogP contribution >= 0.6 is 12.2 Å². The Morgan fingerprint density at radius 2 is 2.06 bits per heavy atom. The van der Waals surface area contributed by atoms with Gasteiger partial charge in [0.25, 0.3) is 0 Å². The molecule has 0 unspecified atom stereocenters. The minimum absolute atomic E-state index is 0.624. The molecule has 0 saturated carbocycles. The van der Waals surface area contributed by atoms with Gasteiger partial charge in [0.05, 0.1) is 0 Å². The molecule has 0 atom stereocenters. The Morgan fingerprint density at radius 3 is 2.82 bits per heavy atom. The van der Waals surface area contributed by atoms with Gasteiger partial charge in [-0.3, -0.25) is 0 Å². The predicted octanol–water partition coefficient (Wildman–Crippen LogP) is 1.09. The Kier molecular flexibility index (Phi) is 4.03. The van der Waals surface area contributed by atoms with Gasteiger partial charge in [0.1, 0.15) is 13.2 Å². The van der Waals surface area contributed by atoms with E-state index in [-0.39, 0.29) is 0 Å². The van der Waals surface area contributed by atoms with E-state index in [9.17, 15) is 0 Å². The highest BCUT2D eigenvalue weighted by molar-refractivity contribution is 7.80. The largest absolute Gasteiger partial charge is 0.486 e.